The van der Waals surface area contributed by atoms with Crippen LogP contribution in [0.3, 0.4) is 0 Å². The van der Waals surface area contributed by atoms with Gasteiger partial charge in [-0.15, -0.1) is 11.3 Å². The molecule has 17 heavy (non-hydrogen) atoms. The molecule has 0 aliphatic rings. The minimum atomic E-state index is -0.354. The maximum Gasteiger partial charge on any atom is 0.255 e. The summed E-state index contributed by atoms with van der Waals surface area (Å²) in [7, 11) is 0. The molecule has 0 spiro atoms. The number of hydrogen-bond donors (Lipinski definition) is 2. The van der Waals surface area contributed by atoms with Crippen molar-refractivity contribution >= 4 is 28.8 Å². The van der Waals surface area contributed by atoms with Gasteiger partial charge in [-0.05, 0) is 18.2 Å². The van der Waals surface area contributed by atoms with E-state index in [1.807, 2.05) is 5.38 Å². The van der Waals surface area contributed by atoms with E-state index in [-0.39, 0.29) is 17.2 Å². The first-order valence-electron chi connectivity index (χ1n) is 4.80. The minimum absolute atomic E-state index is 0.131. The van der Waals surface area contributed by atoms with E-state index in [1.54, 1.807) is 11.6 Å². The average Bonchev–Trinajstić information content (AvgIpc) is 2.78. The summed E-state index contributed by atoms with van der Waals surface area (Å²) in [6, 6.07) is 4.37. The zero-order chi connectivity index (χ0) is 12.3. The lowest BCUT2D eigenvalue weighted by molar-refractivity contribution is 0.0948. The molecule has 0 aliphatic heterocycles. The highest BCUT2D eigenvalue weighted by Gasteiger charge is 2.11. The third-order valence-electron chi connectivity index (χ3n) is 2.12. The van der Waals surface area contributed by atoms with Crippen molar-refractivity contribution in [3.05, 3.63) is 45.4 Å². The first-order valence-corrected chi connectivity index (χ1v) is 6.12. The Kier molecular flexibility index (Phi) is 3.61. The maximum atomic E-state index is 11.7. The molecule has 0 bridgehead atoms. The van der Waals surface area contributed by atoms with Crippen molar-refractivity contribution in [2.45, 2.75) is 6.54 Å². The Labute approximate surface area is 107 Å². The van der Waals surface area contributed by atoms with Crippen LogP contribution in [0.4, 0.5) is 0 Å². The smallest absolute Gasteiger partial charge is 0.255 e. The number of carbonyl (C=O) groups is 1. The van der Waals surface area contributed by atoms with Gasteiger partial charge in [-0.25, -0.2) is 4.98 Å². The van der Waals surface area contributed by atoms with E-state index in [2.05, 4.69) is 10.3 Å². The number of carbonyl (C=O) groups excluding carboxylic acids is 1. The second kappa shape index (κ2) is 5.16. The van der Waals surface area contributed by atoms with Crippen LogP contribution >= 0.6 is 22.9 Å². The third-order valence-corrected chi connectivity index (χ3v) is 2.99. The van der Waals surface area contributed by atoms with Gasteiger partial charge in [0.05, 0.1) is 23.3 Å². The van der Waals surface area contributed by atoms with E-state index in [0.717, 1.165) is 5.69 Å². The second-order valence-electron chi connectivity index (χ2n) is 3.32. The van der Waals surface area contributed by atoms with Gasteiger partial charge in [-0.3, -0.25) is 4.79 Å². The van der Waals surface area contributed by atoms with Crippen molar-refractivity contribution in [3.8, 4) is 5.75 Å². The van der Waals surface area contributed by atoms with Crippen LogP contribution in [0.1, 0.15) is 16.1 Å². The van der Waals surface area contributed by atoms with Crippen molar-refractivity contribution < 1.29 is 9.90 Å². The zero-order valence-electron chi connectivity index (χ0n) is 8.68. The van der Waals surface area contributed by atoms with Crippen LogP contribution in [0, 0.1) is 0 Å². The summed E-state index contributed by atoms with van der Waals surface area (Å²) in [6.07, 6.45) is 0. The Hall–Kier alpha value is -1.59. The number of aromatic hydroxyl groups is 1. The number of phenols is 1. The topological polar surface area (TPSA) is 62.2 Å². The Bertz CT molecular complexity index is 528. The van der Waals surface area contributed by atoms with Gasteiger partial charge in [-0.1, -0.05) is 11.6 Å². The number of nitrogens with zero attached hydrogens (tertiary/aromatic N) is 1. The lowest BCUT2D eigenvalue weighted by Gasteiger charge is -2.05. The van der Waals surface area contributed by atoms with E-state index < -0.39 is 0 Å². The van der Waals surface area contributed by atoms with Crippen LogP contribution in [-0.4, -0.2) is 16.0 Å². The van der Waals surface area contributed by atoms with Gasteiger partial charge in [0.25, 0.3) is 5.91 Å². The number of aromatic nitrogens is 1. The predicted molar refractivity (Wildman–Crippen MR) is 66.4 cm³/mol. The van der Waals surface area contributed by atoms with Gasteiger partial charge < -0.3 is 10.4 Å². The molecule has 0 fully saturated rings. The van der Waals surface area contributed by atoms with E-state index in [4.69, 9.17) is 11.6 Å². The van der Waals surface area contributed by atoms with E-state index in [0.29, 0.717) is 11.6 Å². The Morgan fingerprint density at radius 3 is 3.00 bits per heavy atom. The maximum absolute atomic E-state index is 11.7. The highest BCUT2D eigenvalue weighted by molar-refractivity contribution is 7.07. The molecular weight excluding hydrogens is 260 g/mol. The van der Waals surface area contributed by atoms with Gasteiger partial charge in [0.2, 0.25) is 0 Å². The molecule has 1 amide bonds. The van der Waals surface area contributed by atoms with Crippen molar-refractivity contribution in [1.82, 2.24) is 10.3 Å². The Morgan fingerprint density at radius 1 is 1.53 bits per heavy atom. The number of phenolic OH excluding ortho intramolecular Hbond substituents is 1. The van der Waals surface area contributed by atoms with Gasteiger partial charge in [0.15, 0.2) is 0 Å². The normalized spacial score (nSPS) is 10.2. The molecule has 4 nitrogen and oxygen atoms in total. The molecule has 6 heteroatoms. The zero-order valence-corrected chi connectivity index (χ0v) is 10.3. The van der Waals surface area contributed by atoms with Crippen molar-refractivity contribution in [3.63, 3.8) is 0 Å². The average molecular weight is 269 g/mol. The number of halogens is 1. The third kappa shape index (κ3) is 2.95. The van der Waals surface area contributed by atoms with E-state index in [1.165, 1.54) is 23.5 Å². The highest BCUT2D eigenvalue weighted by atomic mass is 35.5. The summed E-state index contributed by atoms with van der Waals surface area (Å²) in [5.74, 6) is -0.486. The molecule has 0 atom stereocenters. The number of benzene rings is 1. The van der Waals surface area contributed by atoms with Crippen LogP contribution in [0.2, 0.25) is 5.02 Å². The first-order chi connectivity index (χ1) is 8.16. The lowest BCUT2D eigenvalue weighted by atomic mass is 10.2. The molecule has 2 N–H and O–H groups in total. The van der Waals surface area contributed by atoms with E-state index in [9.17, 15) is 9.90 Å². The first kappa shape index (κ1) is 11.9. The predicted octanol–water partition coefficient (Wildman–Crippen LogP) is 2.43. The standard InChI is InChI=1S/C11H9ClN2O2S/c12-7-1-2-9(10(15)3-7)11(16)13-4-8-5-17-6-14-8/h1-3,5-6,15H,4H2,(H,13,16). The van der Waals surface area contributed by atoms with Crippen molar-refractivity contribution in [2.24, 2.45) is 0 Å². The van der Waals surface area contributed by atoms with Crippen LogP contribution in [0.25, 0.3) is 0 Å². The second-order valence-corrected chi connectivity index (χ2v) is 4.48. The van der Waals surface area contributed by atoms with Gasteiger partial charge in [0, 0.05) is 10.4 Å². The van der Waals surface area contributed by atoms with Gasteiger partial charge in [0.1, 0.15) is 5.75 Å². The monoisotopic (exact) mass is 268 g/mol. The van der Waals surface area contributed by atoms with Gasteiger partial charge in [-0.2, -0.15) is 0 Å². The lowest BCUT2D eigenvalue weighted by Crippen LogP contribution is -2.22. The molecule has 2 aromatic rings. The quantitative estimate of drug-likeness (QED) is 0.899. The molecule has 1 aromatic heterocycles. The summed E-state index contributed by atoms with van der Waals surface area (Å²) in [4.78, 5) is 15.8. The molecule has 2 rings (SSSR count). The minimum Gasteiger partial charge on any atom is -0.507 e. The number of thiazole rings is 1. The number of rotatable bonds is 3. The fourth-order valence-corrected chi connectivity index (χ4v) is 2.01. The SMILES string of the molecule is O=C(NCc1cscn1)c1ccc(Cl)cc1O. The Balaban J connectivity index is 2.04. The van der Waals surface area contributed by atoms with Crippen LogP contribution < -0.4 is 5.32 Å². The molecule has 0 saturated carbocycles. The molecule has 0 unspecified atom stereocenters. The molecule has 0 radical (unpaired) electrons. The fourth-order valence-electron chi connectivity index (χ4n) is 1.29. The van der Waals surface area contributed by atoms with Crippen molar-refractivity contribution in [2.75, 3.05) is 0 Å². The Morgan fingerprint density at radius 2 is 2.35 bits per heavy atom. The number of hydrogen-bond acceptors (Lipinski definition) is 4. The molecule has 88 valence electrons. The van der Waals surface area contributed by atoms with Crippen molar-refractivity contribution in [1.29, 1.82) is 0 Å². The molecule has 0 aliphatic carbocycles. The molecule has 1 aromatic carbocycles. The largest absolute Gasteiger partial charge is 0.507 e. The molecule has 0 saturated heterocycles. The summed E-state index contributed by atoms with van der Waals surface area (Å²) >= 11 is 7.14. The molecule has 1 heterocycles. The van der Waals surface area contributed by atoms with E-state index >= 15 is 0 Å². The summed E-state index contributed by atoms with van der Waals surface area (Å²) < 4.78 is 0. The number of amides is 1. The number of nitrogens with one attached hydrogen (secondary N) is 1. The fraction of sp³-hybridized carbons (Fsp3) is 0.0909. The van der Waals surface area contributed by atoms with Crippen LogP contribution in [0.5, 0.6) is 5.75 Å². The summed E-state index contributed by atoms with van der Waals surface area (Å²) in [6.45, 7) is 0.338. The molecular formula is C11H9ClN2O2S. The van der Waals surface area contributed by atoms with Crippen LogP contribution in [0.15, 0.2) is 29.1 Å². The summed E-state index contributed by atoms with van der Waals surface area (Å²) in [5, 5.41) is 14.5. The van der Waals surface area contributed by atoms with Crippen LogP contribution in [-0.2, 0) is 6.54 Å². The highest BCUT2D eigenvalue weighted by Crippen LogP contribution is 2.21. The van der Waals surface area contributed by atoms with Gasteiger partial charge >= 0.3 is 0 Å². The summed E-state index contributed by atoms with van der Waals surface area (Å²) in [5.41, 5.74) is 2.68.